The predicted octanol–water partition coefficient (Wildman–Crippen LogP) is 9.97. The number of nitrogens with zero attached hydrogens (tertiary/aromatic N) is 1. The van der Waals surface area contributed by atoms with Crippen molar-refractivity contribution < 1.29 is 13.2 Å². The Hall–Kier alpha value is -4.44. The molecule has 0 atom stereocenters. The number of halogens is 3. The van der Waals surface area contributed by atoms with E-state index in [-0.39, 0.29) is 0 Å². The number of aryl methyl sites for hydroxylation is 1. The second-order valence-corrected chi connectivity index (χ2v) is 9.54. The third-order valence-electron chi connectivity index (χ3n) is 7.04. The van der Waals surface area contributed by atoms with Gasteiger partial charge in [-0.2, -0.15) is 13.2 Å². The molecule has 186 valence electrons. The summed E-state index contributed by atoms with van der Waals surface area (Å²) in [6.45, 7) is 1.87. The van der Waals surface area contributed by atoms with Gasteiger partial charge in [0.05, 0.1) is 11.3 Å². The van der Waals surface area contributed by atoms with Crippen LogP contribution in [0.4, 0.5) is 13.2 Å². The molecular formula is C34H24F3N. The third kappa shape index (κ3) is 4.66. The molecule has 1 nitrogen and oxygen atoms in total. The first kappa shape index (κ1) is 23.9. The van der Waals surface area contributed by atoms with Crippen LogP contribution in [0.1, 0.15) is 18.1 Å². The van der Waals surface area contributed by atoms with Gasteiger partial charge in [0.2, 0.25) is 0 Å². The summed E-state index contributed by atoms with van der Waals surface area (Å²) in [5.74, 6) is 0. The van der Waals surface area contributed by atoms with Gasteiger partial charge in [0, 0.05) is 17.3 Å². The van der Waals surface area contributed by atoms with E-state index in [1.54, 1.807) is 0 Å². The molecule has 1 heterocycles. The van der Waals surface area contributed by atoms with Crippen LogP contribution < -0.4 is 0 Å². The summed E-state index contributed by atoms with van der Waals surface area (Å²) in [6, 6.07) is 34.9. The molecule has 38 heavy (non-hydrogen) atoms. The van der Waals surface area contributed by atoms with Gasteiger partial charge in [-0.3, -0.25) is 4.98 Å². The number of benzene rings is 5. The molecule has 4 heteroatoms. The normalized spacial score (nSPS) is 11.8. The van der Waals surface area contributed by atoms with Gasteiger partial charge < -0.3 is 0 Å². The summed E-state index contributed by atoms with van der Waals surface area (Å²) in [4.78, 5) is 4.72. The number of fused-ring (bicyclic) bond motifs is 2. The largest absolute Gasteiger partial charge is 0.416 e. The molecule has 6 rings (SSSR count). The van der Waals surface area contributed by atoms with Crippen molar-refractivity contribution in [3.05, 3.63) is 127 Å². The lowest BCUT2D eigenvalue weighted by atomic mass is 9.95. The van der Waals surface area contributed by atoms with Crippen molar-refractivity contribution in [3.8, 4) is 33.5 Å². The minimum atomic E-state index is -4.38. The molecule has 0 amide bonds. The Balaban J connectivity index is 1.34. The zero-order valence-corrected chi connectivity index (χ0v) is 20.8. The van der Waals surface area contributed by atoms with Crippen LogP contribution in [0, 0.1) is 0 Å². The van der Waals surface area contributed by atoms with Crippen molar-refractivity contribution >= 4 is 21.5 Å². The van der Waals surface area contributed by atoms with Crippen LogP contribution in [-0.2, 0) is 12.6 Å². The average molecular weight is 504 g/mol. The monoisotopic (exact) mass is 503 g/mol. The van der Waals surface area contributed by atoms with Crippen molar-refractivity contribution in [3.63, 3.8) is 0 Å². The van der Waals surface area contributed by atoms with Crippen LogP contribution in [-0.4, -0.2) is 4.98 Å². The maximum Gasteiger partial charge on any atom is 0.416 e. The van der Waals surface area contributed by atoms with Gasteiger partial charge in [-0.05, 0) is 86.6 Å². The summed E-state index contributed by atoms with van der Waals surface area (Å²) < 4.78 is 40.5. The fraction of sp³-hybridized carbons (Fsp3) is 0.0882. The summed E-state index contributed by atoms with van der Waals surface area (Å²) in [5, 5.41) is 4.36. The molecule has 5 aromatic carbocycles. The lowest BCUT2D eigenvalue weighted by molar-refractivity contribution is -0.137. The second-order valence-electron chi connectivity index (χ2n) is 9.54. The van der Waals surface area contributed by atoms with Crippen molar-refractivity contribution in [1.29, 1.82) is 0 Å². The molecule has 0 radical (unpaired) electrons. The van der Waals surface area contributed by atoms with Gasteiger partial charge in [-0.25, -0.2) is 0 Å². The first-order valence-corrected chi connectivity index (χ1v) is 12.6. The van der Waals surface area contributed by atoms with Gasteiger partial charge >= 0.3 is 6.18 Å². The van der Waals surface area contributed by atoms with Crippen LogP contribution in [0.15, 0.2) is 115 Å². The Bertz CT molecular complexity index is 1780. The van der Waals surface area contributed by atoms with Gasteiger partial charge in [-0.15, -0.1) is 0 Å². The molecule has 0 saturated carbocycles. The van der Waals surface area contributed by atoms with Gasteiger partial charge in [0.1, 0.15) is 0 Å². The summed E-state index contributed by atoms with van der Waals surface area (Å²) in [6.07, 6.45) is -1.97. The maximum atomic E-state index is 13.5. The standard InChI is InChI=1S/C34H24F3N/c1-2-22-15-30(20-32(16-22)34(35,36)37)27-11-8-24-7-10-26(18-31(24)19-27)29-13-14-33(38-21-29)28-12-9-23-5-3-4-6-25(23)17-28/h3-21H,2H2,1H3. The molecule has 0 aliphatic rings. The van der Waals surface area contributed by atoms with Crippen LogP contribution in [0.3, 0.4) is 0 Å². The zero-order valence-electron chi connectivity index (χ0n) is 20.8. The fourth-order valence-corrected chi connectivity index (χ4v) is 4.92. The van der Waals surface area contributed by atoms with Crippen LogP contribution in [0.25, 0.3) is 55.1 Å². The number of alkyl halides is 3. The molecule has 0 aliphatic carbocycles. The number of pyridine rings is 1. The quantitative estimate of drug-likeness (QED) is 0.233. The first-order chi connectivity index (χ1) is 18.4. The van der Waals surface area contributed by atoms with E-state index in [4.69, 9.17) is 4.98 Å². The highest BCUT2D eigenvalue weighted by atomic mass is 19.4. The molecule has 1 aromatic heterocycles. The summed E-state index contributed by atoms with van der Waals surface area (Å²) in [7, 11) is 0. The van der Waals surface area contributed by atoms with E-state index in [1.165, 1.54) is 22.9 Å². The first-order valence-electron chi connectivity index (χ1n) is 12.6. The number of hydrogen-bond acceptors (Lipinski definition) is 1. The second kappa shape index (κ2) is 9.46. The number of aromatic nitrogens is 1. The van der Waals surface area contributed by atoms with E-state index in [9.17, 15) is 13.2 Å². The Morgan fingerprint density at radius 2 is 1.16 bits per heavy atom. The van der Waals surface area contributed by atoms with Crippen molar-refractivity contribution in [1.82, 2.24) is 4.98 Å². The van der Waals surface area contributed by atoms with Crippen LogP contribution in [0.2, 0.25) is 0 Å². The molecule has 0 unspecified atom stereocenters. The van der Waals surface area contributed by atoms with Gasteiger partial charge in [0.15, 0.2) is 0 Å². The van der Waals surface area contributed by atoms with Gasteiger partial charge in [-0.1, -0.05) is 79.7 Å². The smallest absolute Gasteiger partial charge is 0.256 e. The lowest BCUT2D eigenvalue weighted by Crippen LogP contribution is -2.06. The Kier molecular flexibility index (Phi) is 5.96. The molecule has 0 N–H and O–H groups in total. The highest BCUT2D eigenvalue weighted by molar-refractivity contribution is 5.91. The van der Waals surface area contributed by atoms with E-state index in [0.29, 0.717) is 17.5 Å². The summed E-state index contributed by atoms with van der Waals surface area (Å²) in [5.41, 5.74) is 5.34. The zero-order chi connectivity index (χ0) is 26.3. The van der Waals surface area contributed by atoms with E-state index in [2.05, 4.69) is 42.5 Å². The third-order valence-corrected chi connectivity index (χ3v) is 7.04. The van der Waals surface area contributed by atoms with Crippen LogP contribution >= 0.6 is 0 Å². The van der Waals surface area contributed by atoms with E-state index in [1.807, 2.05) is 67.7 Å². The average Bonchev–Trinajstić information content (AvgIpc) is 2.95. The van der Waals surface area contributed by atoms with Crippen molar-refractivity contribution in [2.24, 2.45) is 0 Å². The predicted molar refractivity (Wildman–Crippen MR) is 150 cm³/mol. The van der Waals surface area contributed by atoms with Crippen molar-refractivity contribution in [2.75, 3.05) is 0 Å². The highest BCUT2D eigenvalue weighted by Crippen LogP contribution is 2.35. The van der Waals surface area contributed by atoms with E-state index in [0.717, 1.165) is 38.7 Å². The number of hydrogen-bond donors (Lipinski definition) is 0. The van der Waals surface area contributed by atoms with E-state index >= 15 is 0 Å². The molecular weight excluding hydrogens is 479 g/mol. The number of rotatable bonds is 4. The maximum absolute atomic E-state index is 13.5. The SMILES string of the molecule is CCc1cc(-c2ccc3ccc(-c4ccc(-c5ccc6ccccc6c5)nc4)cc3c2)cc(C(F)(F)F)c1. The van der Waals surface area contributed by atoms with E-state index < -0.39 is 11.7 Å². The Morgan fingerprint density at radius 3 is 1.82 bits per heavy atom. The van der Waals surface area contributed by atoms with Crippen LogP contribution in [0.5, 0.6) is 0 Å². The fourth-order valence-electron chi connectivity index (χ4n) is 4.92. The minimum Gasteiger partial charge on any atom is -0.256 e. The van der Waals surface area contributed by atoms with Gasteiger partial charge in [0.25, 0.3) is 0 Å². The Morgan fingerprint density at radius 1 is 0.553 bits per heavy atom. The van der Waals surface area contributed by atoms with Crippen molar-refractivity contribution in [2.45, 2.75) is 19.5 Å². The highest BCUT2D eigenvalue weighted by Gasteiger charge is 2.31. The lowest BCUT2D eigenvalue weighted by Gasteiger charge is -2.13. The summed E-state index contributed by atoms with van der Waals surface area (Å²) >= 11 is 0. The molecule has 0 saturated heterocycles. The topological polar surface area (TPSA) is 12.9 Å². The molecule has 0 bridgehead atoms. The minimum absolute atomic E-state index is 0.539. The molecule has 0 aliphatic heterocycles. The molecule has 6 aromatic rings. The molecule has 0 fully saturated rings. The molecule has 0 spiro atoms. The Labute approximate surface area is 219 Å².